The van der Waals surface area contributed by atoms with Crippen molar-refractivity contribution in [3.05, 3.63) is 47.0 Å². The van der Waals surface area contributed by atoms with Crippen molar-refractivity contribution >= 4 is 41.2 Å². The van der Waals surface area contributed by atoms with Crippen LogP contribution in [0.2, 0.25) is 0 Å². The molecule has 1 aromatic carbocycles. The predicted molar refractivity (Wildman–Crippen MR) is 64.7 cm³/mol. The molecule has 0 bridgehead atoms. The fourth-order valence-electron chi connectivity index (χ4n) is 1.65. The Morgan fingerprint density at radius 1 is 1.13 bits per heavy atom. The van der Waals surface area contributed by atoms with Crippen molar-refractivity contribution in [1.82, 2.24) is 9.38 Å². The Balaban J connectivity index is 0.000000562. The minimum Gasteiger partial charge on any atom is -0.280 e. The van der Waals surface area contributed by atoms with Gasteiger partial charge in [-0.3, -0.25) is 9.20 Å². The van der Waals surface area contributed by atoms with E-state index in [1.807, 2.05) is 24.3 Å². The van der Waals surface area contributed by atoms with Crippen LogP contribution >= 0.6 is 24.8 Å². The van der Waals surface area contributed by atoms with Crippen molar-refractivity contribution in [2.45, 2.75) is 0 Å². The van der Waals surface area contributed by atoms with Crippen LogP contribution in [0, 0.1) is 0 Å². The molecular weight excluding hydrogens is 235 g/mol. The van der Waals surface area contributed by atoms with Crippen LogP contribution in [-0.4, -0.2) is 9.38 Å². The highest BCUT2D eigenvalue weighted by Crippen LogP contribution is 2.17. The Labute approximate surface area is 97.9 Å². The smallest absolute Gasteiger partial charge is 0.273 e. The van der Waals surface area contributed by atoms with Gasteiger partial charge in [0, 0.05) is 11.6 Å². The molecular formula is C10H8Cl2N2O. The fraction of sp³-hybridized carbons (Fsp3) is 0. The molecule has 0 aliphatic rings. The van der Waals surface area contributed by atoms with Crippen LogP contribution in [0.4, 0.5) is 0 Å². The maximum atomic E-state index is 11.3. The molecule has 0 N–H and O–H groups in total. The normalized spacial score (nSPS) is 9.87. The Hall–Kier alpha value is -1.32. The van der Waals surface area contributed by atoms with Gasteiger partial charge in [0.05, 0.1) is 17.2 Å². The van der Waals surface area contributed by atoms with Gasteiger partial charge in [0.15, 0.2) is 0 Å². The minimum atomic E-state index is -0.0753. The van der Waals surface area contributed by atoms with Gasteiger partial charge in [-0.05, 0) is 12.1 Å². The van der Waals surface area contributed by atoms with Gasteiger partial charge in [0.2, 0.25) is 0 Å². The summed E-state index contributed by atoms with van der Waals surface area (Å²) in [5, 5.41) is 1.06. The first-order valence-electron chi connectivity index (χ1n) is 4.05. The van der Waals surface area contributed by atoms with Crippen molar-refractivity contribution in [2.75, 3.05) is 0 Å². The summed E-state index contributed by atoms with van der Waals surface area (Å²) >= 11 is 0. The highest BCUT2D eigenvalue weighted by molar-refractivity contribution is 5.93. The molecule has 3 rings (SSSR count). The van der Waals surface area contributed by atoms with Crippen LogP contribution in [0.25, 0.3) is 16.4 Å². The van der Waals surface area contributed by atoms with Gasteiger partial charge in [0.1, 0.15) is 0 Å². The van der Waals surface area contributed by atoms with Crippen molar-refractivity contribution in [2.24, 2.45) is 0 Å². The minimum absolute atomic E-state index is 0. The number of hydrogen-bond acceptors (Lipinski definition) is 2. The zero-order chi connectivity index (χ0) is 8.84. The van der Waals surface area contributed by atoms with Gasteiger partial charge in [-0.15, -0.1) is 24.8 Å². The number of benzene rings is 1. The molecule has 5 heteroatoms. The Bertz CT molecular complexity index is 635. The summed E-state index contributed by atoms with van der Waals surface area (Å²) in [5.41, 5.74) is 1.70. The second-order valence-electron chi connectivity index (χ2n) is 3.00. The van der Waals surface area contributed by atoms with E-state index in [0.29, 0.717) is 0 Å². The number of hydrogen-bond donors (Lipinski definition) is 0. The largest absolute Gasteiger partial charge is 0.280 e. The van der Waals surface area contributed by atoms with Crippen LogP contribution in [0.15, 0.2) is 41.5 Å². The first-order chi connectivity index (χ1) is 6.36. The topological polar surface area (TPSA) is 34.4 Å². The average Bonchev–Trinajstić information content (AvgIpc) is 2.57. The summed E-state index contributed by atoms with van der Waals surface area (Å²) < 4.78 is 1.62. The maximum absolute atomic E-state index is 11.3. The molecule has 2 heterocycles. The van der Waals surface area contributed by atoms with Crippen LogP contribution in [0.3, 0.4) is 0 Å². The summed E-state index contributed by atoms with van der Waals surface area (Å²) in [7, 11) is 0. The summed E-state index contributed by atoms with van der Waals surface area (Å²) in [5.74, 6) is 0. The lowest BCUT2D eigenvalue weighted by Crippen LogP contribution is -2.10. The van der Waals surface area contributed by atoms with Crippen LogP contribution in [0.1, 0.15) is 0 Å². The number of para-hydroxylation sites is 1. The van der Waals surface area contributed by atoms with Crippen LogP contribution in [-0.2, 0) is 0 Å². The van der Waals surface area contributed by atoms with Gasteiger partial charge in [-0.2, -0.15) is 0 Å². The van der Waals surface area contributed by atoms with E-state index in [1.54, 1.807) is 10.6 Å². The molecule has 0 aliphatic carbocycles. The molecule has 0 spiro atoms. The quantitative estimate of drug-likeness (QED) is 0.606. The first kappa shape index (κ1) is 11.8. The van der Waals surface area contributed by atoms with Crippen molar-refractivity contribution in [1.29, 1.82) is 0 Å². The lowest BCUT2D eigenvalue weighted by molar-refractivity contribution is 1.09. The number of halogens is 2. The van der Waals surface area contributed by atoms with Gasteiger partial charge in [-0.1, -0.05) is 12.1 Å². The van der Waals surface area contributed by atoms with Crippen LogP contribution in [0.5, 0.6) is 0 Å². The summed E-state index contributed by atoms with van der Waals surface area (Å²) in [6.07, 6.45) is 3.13. The highest BCUT2D eigenvalue weighted by Gasteiger charge is 2.04. The highest BCUT2D eigenvalue weighted by atomic mass is 35.5. The molecule has 0 aliphatic heterocycles. The third-order valence-electron chi connectivity index (χ3n) is 2.24. The summed E-state index contributed by atoms with van der Waals surface area (Å²) in [4.78, 5) is 15.4. The van der Waals surface area contributed by atoms with E-state index in [-0.39, 0.29) is 30.4 Å². The molecule has 0 unspecified atom stereocenters. The van der Waals surface area contributed by atoms with Crippen molar-refractivity contribution < 1.29 is 0 Å². The molecule has 0 saturated carbocycles. The molecule has 0 amide bonds. The van der Waals surface area contributed by atoms with E-state index in [4.69, 9.17) is 0 Å². The number of nitrogens with zero attached hydrogens (tertiary/aromatic N) is 2. The van der Waals surface area contributed by atoms with Crippen molar-refractivity contribution in [3.8, 4) is 0 Å². The van der Waals surface area contributed by atoms with Gasteiger partial charge < -0.3 is 0 Å². The van der Waals surface area contributed by atoms with E-state index in [2.05, 4.69) is 4.98 Å². The summed E-state index contributed by atoms with van der Waals surface area (Å²) in [6, 6.07) is 7.74. The second kappa shape index (κ2) is 4.04. The first-order valence-corrected chi connectivity index (χ1v) is 4.05. The van der Waals surface area contributed by atoms with E-state index >= 15 is 0 Å². The molecule has 3 aromatic rings. The second-order valence-corrected chi connectivity index (χ2v) is 3.00. The molecule has 0 saturated heterocycles. The molecule has 78 valence electrons. The lowest BCUT2D eigenvalue weighted by atomic mass is 10.2. The van der Waals surface area contributed by atoms with E-state index in [1.165, 1.54) is 6.20 Å². The number of aromatic nitrogens is 2. The van der Waals surface area contributed by atoms with E-state index in [9.17, 15) is 4.79 Å². The Morgan fingerprint density at radius 3 is 2.73 bits per heavy atom. The summed E-state index contributed by atoms with van der Waals surface area (Å²) in [6.45, 7) is 0. The Morgan fingerprint density at radius 2 is 1.93 bits per heavy atom. The van der Waals surface area contributed by atoms with Gasteiger partial charge in [0.25, 0.3) is 5.56 Å². The molecule has 0 radical (unpaired) electrons. The molecule has 3 nitrogen and oxygen atoms in total. The Kier molecular flexibility index (Phi) is 3.17. The molecule has 2 aromatic heterocycles. The van der Waals surface area contributed by atoms with E-state index < -0.39 is 0 Å². The monoisotopic (exact) mass is 242 g/mol. The average molecular weight is 243 g/mol. The van der Waals surface area contributed by atoms with Crippen LogP contribution < -0.4 is 5.56 Å². The standard InChI is InChI=1S/C10H6N2O.2ClH/c13-9-6-11-8-3-1-2-7-4-5-12(9)10(7)8;;/h1-6H;2*1H. The molecule has 0 fully saturated rings. The SMILES string of the molecule is Cl.Cl.O=c1cnc2cccc3ccn1c32. The molecule has 0 atom stereocenters. The molecule has 15 heavy (non-hydrogen) atoms. The van der Waals surface area contributed by atoms with Gasteiger partial charge >= 0.3 is 0 Å². The third-order valence-corrected chi connectivity index (χ3v) is 2.24. The van der Waals surface area contributed by atoms with E-state index in [0.717, 1.165) is 16.4 Å². The zero-order valence-corrected chi connectivity index (χ0v) is 9.22. The zero-order valence-electron chi connectivity index (χ0n) is 7.58. The van der Waals surface area contributed by atoms with Crippen molar-refractivity contribution in [3.63, 3.8) is 0 Å². The lowest BCUT2D eigenvalue weighted by Gasteiger charge is -1.96. The maximum Gasteiger partial charge on any atom is 0.273 e. The fourth-order valence-corrected chi connectivity index (χ4v) is 1.65. The predicted octanol–water partition coefficient (Wildman–Crippen LogP) is 2.13. The number of rotatable bonds is 0. The third kappa shape index (κ3) is 1.54. The van der Waals surface area contributed by atoms with Gasteiger partial charge in [-0.25, -0.2) is 4.98 Å².